The first-order valence-electron chi connectivity index (χ1n) is 12.8. The molecule has 0 saturated heterocycles. The van der Waals surface area contributed by atoms with Gasteiger partial charge in [0.15, 0.2) is 36.2 Å². The van der Waals surface area contributed by atoms with Gasteiger partial charge < -0.3 is 34.3 Å². The van der Waals surface area contributed by atoms with Crippen molar-refractivity contribution in [2.24, 2.45) is 5.10 Å². The monoisotopic (exact) mass is 691 g/mol. The third kappa shape index (κ3) is 8.26. The van der Waals surface area contributed by atoms with Crippen molar-refractivity contribution < 1.29 is 38.1 Å². The van der Waals surface area contributed by atoms with Crippen LogP contribution >= 0.6 is 22.6 Å². The second-order valence-corrected chi connectivity index (χ2v) is 9.65. The van der Waals surface area contributed by atoms with Crippen molar-refractivity contribution in [2.45, 2.75) is 26.8 Å². The number of urea groups is 1. The molecule has 42 heavy (non-hydrogen) atoms. The Morgan fingerprint density at radius 1 is 1.12 bits per heavy atom. The highest BCUT2D eigenvalue weighted by Crippen LogP contribution is 2.35. The molecule has 0 unspecified atom stereocenters. The number of hydrogen-bond donors (Lipinski definition) is 3. The van der Waals surface area contributed by atoms with Crippen LogP contribution in [0.3, 0.4) is 0 Å². The van der Waals surface area contributed by atoms with Gasteiger partial charge in [-0.25, -0.2) is 15.0 Å². The summed E-state index contributed by atoms with van der Waals surface area (Å²) in [6.45, 7) is 5.23. The Hall–Kier alpha value is -4.52. The maximum absolute atomic E-state index is 12.6. The molecule has 0 radical (unpaired) electrons. The molecule has 14 heteroatoms. The van der Waals surface area contributed by atoms with Crippen LogP contribution in [0.4, 0.5) is 4.79 Å². The molecule has 13 nitrogen and oxygen atoms in total. The molecule has 3 N–H and O–H groups in total. The SMILES string of the molecule is CCOC(=O)C1=C(C)NC(=O)N[C@H]1c1ccc(OCC(=O)N/N=C\c2cc(I)c(OCC#N)c(OCC)c2)c(OC)c1. The van der Waals surface area contributed by atoms with Crippen LogP contribution in [0.15, 0.2) is 46.7 Å². The van der Waals surface area contributed by atoms with Crippen molar-refractivity contribution in [1.29, 1.82) is 5.26 Å². The largest absolute Gasteiger partial charge is 0.493 e. The maximum atomic E-state index is 12.6. The molecule has 3 amide bonds. The summed E-state index contributed by atoms with van der Waals surface area (Å²) in [5, 5.41) is 18.1. The van der Waals surface area contributed by atoms with Gasteiger partial charge in [-0.05, 0) is 78.8 Å². The van der Waals surface area contributed by atoms with Gasteiger partial charge in [-0.2, -0.15) is 10.4 Å². The minimum Gasteiger partial charge on any atom is -0.493 e. The summed E-state index contributed by atoms with van der Waals surface area (Å²) in [7, 11) is 1.43. The number of ether oxygens (including phenoxy) is 5. The number of nitrogens with zero attached hydrogens (tertiary/aromatic N) is 2. The first kappa shape index (κ1) is 32.0. The minimum atomic E-state index is -0.781. The average Bonchev–Trinajstić information content (AvgIpc) is 2.95. The zero-order valence-corrected chi connectivity index (χ0v) is 25.6. The first-order chi connectivity index (χ1) is 20.2. The quantitative estimate of drug-likeness (QED) is 0.124. The second-order valence-electron chi connectivity index (χ2n) is 8.49. The molecule has 0 aliphatic carbocycles. The molecule has 0 fully saturated rings. The van der Waals surface area contributed by atoms with Gasteiger partial charge in [-0.15, -0.1) is 0 Å². The predicted molar refractivity (Wildman–Crippen MR) is 159 cm³/mol. The van der Waals surface area contributed by atoms with Crippen LogP contribution in [-0.4, -0.2) is 57.7 Å². The number of amides is 3. The summed E-state index contributed by atoms with van der Waals surface area (Å²) in [6, 6.07) is 8.97. The molecule has 0 bridgehead atoms. The number of allylic oxidation sites excluding steroid dienone is 1. The lowest BCUT2D eigenvalue weighted by atomic mass is 9.95. The Kier molecular flexibility index (Phi) is 11.8. The van der Waals surface area contributed by atoms with Crippen LogP contribution in [0.2, 0.25) is 0 Å². The fourth-order valence-corrected chi connectivity index (χ4v) is 4.71. The highest BCUT2D eigenvalue weighted by atomic mass is 127. The van der Waals surface area contributed by atoms with Gasteiger partial charge in [-0.3, -0.25) is 4.79 Å². The average molecular weight is 691 g/mol. The number of halogens is 1. The smallest absolute Gasteiger partial charge is 0.338 e. The van der Waals surface area contributed by atoms with Crippen molar-refractivity contribution in [3.05, 3.63) is 56.3 Å². The van der Waals surface area contributed by atoms with E-state index in [1.165, 1.54) is 13.3 Å². The van der Waals surface area contributed by atoms with Gasteiger partial charge >= 0.3 is 12.0 Å². The van der Waals surface area contributed by atoms with E-state index in [0.717, 1.165) is 0 Å². The highest BCUT2D eigenvalue weighted by Gasteiger charge is 2.32. The molecule has 0 spiro atoms. The molecular weight excluding hydrogens is 661 g/mol. The molecule has 2 aromatic carbocycles. The van der Waals surface area contributed by atoms with Crippen molar-refractivity contribution in [2.75, 3.05) is 33.5 Å². The summed E-state index contributed by atoms with van der Waals surface area (Å²) >= 11 is 2.06. The summed E-state index contributed by atoms with van der Waals surface area (Å²) < 4.78 is 28.0. The van der Waals surface area contributed by atoms with Gasteiger partial charge in [0.05, 0.1) is 41.7 Å². The normalized spacial score (nSPS) is 14.4. The Morgan fingerprint density at radius 3 is 2.60 bits per heavy atom. The minimum absolute atomic E-state index is 0.118. The van der Waals surface area contributed by atoms with Crippen LogP contribution in [0.25, 0.3) is 0 Å². The standard InChI is InChI=1S/C28H30IN5O8/c1-5-39-22-12-17(11-19(29)26(22)41-10-9-30)14-31-34-23(35)15-42-20-8-7-18(13-21(20)38-4)25-24(27(36)40-6-2)16(3)32-28(37)33-25/h7-8,11-14,25H,5-6,10,15H2,1-4H3,(H,34,35)(H2,32,33,37)/b31-14-/t25-/m0/s1. The van der Waals surface area contributed by atoms with E-state index < -0.39 is 23.9 Å². The molecule has 0 aromatic heterocycles. The van der Waals surface area contributed by atoms with Gasteiger partial charge in [0.25, 0.3) is 5.91 Å². The third-order valence-electron chi connectivity index (χ3n) is 5.66. The maximum Gasteiger partial charge on any atom is 0.338 e. The number of esters is 1. The van der Waals surface area contributed by atoms with Gasteiger partial charge in [0, 0.05) is 5.70 Å². The summed E-state index contributed by atoms with van der Waals surface area (Å²) in [6.07, 6.45) is 1.44. The zero-order chi connectivity index (χ0) is 30.6. The lowest BCUT2D eigenvalue weighted by molar-refractivity contribution is -0.139. The van der Waals surface area contributed by atoms with Gasteiger partial charge in [0.2, 0.25) is 0 Å². The first-order valence-corrected chi connectivity index (χ1v) is 13.8. The van der Waals surface area contributed by atoms with E-state index in [9.17, 15) is 14.4 Å². The van der Waals surface area contributed by atoms with E-state index in [4.69, 9.17) is 28.9 Å². The van der Waals surface area contributed by atoms with Crippen LogP contribution in [0.1, 0.15) is 37.9 Å². The number of hydrogen-bond acceptors (Lipinski definition) is 10. The molecule has 0 saturated carbocycles. The number of hydrazone groups is 1. The van der Waals surface area contributed by atoms with Gasteiger partial charge in [0.1, 0.15) is 6.07 Å². The fourth-order valence-electron chi connectivity index (χ4n) is 3.93. The Labute approximate surface area is 256 Å². The molecule has 1 aliphatic heterocycles. The lowest BCUT2D eigenvalue weighted by Crippen LogP contribution is -2.45. The lowest BCUT2D eigenvalue weighted by Gasteiger charge is -2.28. The van der Waals surface area contributed by atoms with Crippen molar-refractivity contribution in [3.63, 3.8) is 0 Å². The number of methoxy groups -OCH3 is 1. The molecule has 1 aliphatic rings. The predicted octanol–water partition coefficient (Wildman–Crippen LogP) is 3.32. The Balaban J connectivity index is 1.68. The number of carbonyl (C=O) groups is 3. The summed E-state index contributed by atoms with van der Waals surface area (Å²) in [5.41, 5.74) is 4.23. The second kappa shape index (κ2) is 15.5. The van der Waals surface area contributed by atoms with E-state index in [1.807, 2.05) is 13.0 Å². The number of carbonyl (C=O) groups excluding carboxylic acids is 3. The van der Waals surface area contributed by atoms with E-state index in [1.54, 1.807) is 44.2 Å². The molecule has 3 rings (SSSR count). The zero-order valence-electron chi connectivity index (χ0n) is 23.4. The topological polar surface area (TPSA) is 170 Å². The summed E-state index contributed by atoms with van der Waals surface area (Å²) in [5.74, 6) is 0.378. The van der Waals surface area contributed by atoms with E-state index in [2.05, 4.69) is 43.8 Å². The Bertz CT molecular complexity index is 1440. The van der Waals surface area contributed by atoms with Crippen molar-refractivity contribution in [3.8, 4) is 29.1 Å². The Morgan fingerprint density at radius 2 is 1.90 bits per heavy atom. The highest BCUT2D eigenvalue weighted by molar-refractivity contribution is 14.1. The number of nitrogens with one attached hydrogen (secondary N) is 3. The molecule has 222 valence electrons. The molecule has 1 atom stereocenters. The van der Waals surface area contributed by atoms with E-state index in [0.29, 0.717) is 38.5 Å². The third-order valence-corrected chi connectivity index (χ3v) is 6.46. The van der Waals surface area contributed by atoms with Crippen LogP contribution in [-0.2, 0) is 14.3 Å². The van der Waals surface area contributed by atoms with Crippen LogP contribution in [0.5, 0.6) is 23.0 Å². The number of nitriles is 1. The molecule has 1 heterocycles. The number of rotatable bonds is 13. The number of benzene rings is 2. The van der Waals surface area contributed by atoms with Crippen molar-refractivity contribution >= 4 is 46.7 Å². The molecular formula is C28H30IN5O8. The molecule has 2 aromatic rings. The fraction of sp³-hybridized carbons (Fsp3) is 0.321. The summed E-state index contributed by atoms with van der Waals surface area (Å²) in [4.78, 5) is 37.1. The van der Waals surface area contributed by atoms with Crippen LogP contribution < -0.4 is 35.0 Å². The van der Waals surface area contributed by atoms with Crippen molar-refractivity contribution in [1.82, 2.24) is 16.1 Å². The van der Waals surface area contributed by atoms with E-state index in [-0.39, 0.29) is 36.9 Å². The van der Waals surface area contributed by atoms with Gasteiger partial charge in [-0.1, -0.05) is 6.07 Å². The van der Waals surface area contributed by atoms with E-state index >= 15 is 0 Å². The van der Waals surface area contributed by atoms with Crippen LogP contribution in [0, 0.1) is 14.9 Å².